The molecule has 1 heterocycles. The van der Waals surface area contributed by atoms with Crippen LogP contribution in [0, 0.1) is 0 Å². The van der Waals surface area contributed by atoms with Crippen molar-refractivity contribution in [3.8, 4) is 11.1 Å². The van der Waals surface area contributed by atoms with Crippen molar-refractivity contribution in [2.24, 2.45) is 4.99 Å². The Balaban J connectivity index is 1.50. The van der Waals surface area contributed by atoms with Gasteiger partial charge in [0.25, 0.3) is 5.91 Å². The third-order valence-corrected chi connectivity index (χ3v) is 5.30. The van der Waals surface area contributed by atoms with Gasteiger partial charge in [-0.2, -0.15) is 0 Å². The van der Waals surface area contributed by atoms with Crippen molar-refractivity contribution >= 4 is 40.8 Å². The molecule has 0 aliphatic heterocycles. The van der Waals surface area contributed by atoms with Gasteiger partial charge >= 0.3 is 0 Å². The molecular weight excluding hydrogens is 457 g/mol. The lowest BCUT2D eigenvalue weighted by atomic mass is 10.1. The van der Waals surface area contributed by atoms with Crippen LogP contribution in [0.25, 0.3) is 11.1 Å². The molecule has 0 radical (unpaired) electrons. The van der Waals surface area contributed by atoms with Gasteiger partial charge in [-0.15, -0.1) is 0 Å². The van der Waals surface area contributed by atoms with E-state index < -0.39 is 0 Å². The predicted octanol–water partition coefficient (Wildman–Crippen LogP) is 5.82. The van der Waals surface area contributed by atoms with Crippen molar-refractivity contribution in [2.75, 3.05) is 11.9 Å². The number of carbonyl (C=O) groups excluding carboxylic acids is 1. The largest absolute Gasteiger partial charge is 0.348 e. The fourth-order valence-corrected chi connectivity index (χ4v) is 3.56. The average Bonchev–Trinajstić information content (AvgIpc) is 3.33. The van der Waals surface area contributed by atoms with Crippen LogP contribution in [0.3, 0.4) is 0 Å². The Hall–Kier alpha value is -3.61. The van der Waals surface area contributed by atoms with Gasteiger partial charge in [0.15, 0.2) is 0 Å². The van der Waals surface area contributed by atoms with Crippen molar-refractivity contribution in [3.63, 3.8) is 0 Å². The van der Waals surface area contributed by atoms with Crippen LogP contribution < -0.4 is 10.6 Å². The van der Waals surface area contributed by atoms with Gasteiger partial charge in [0.2, 0.25) is 5.96 Å². The summed E-state index contributed by atoms with van der Waals surface area (Å²) in [6.45, 7) is 0.459. The van der Waals surface area contributed by atoms with E-state index in [2.05, 4.69) is 25.6 Å². The number of hydrogen-bond acceptors (Lipinski definition) is 3. The molecule has 4 rings (SSSR count). The Kier molecular flexibility index (Phi) is 7.40. The quantitative estimate of drug-likeness (QED) is 0.241. The molecule has 3 aromatic carbocycles. The normalized spacial score (nSPS) is 11.3. The first kappa shape index (κ1) is 22.6. The number of nitrogens with one attached hydrogen (secondary N) is 3. The minimum atomic E-state index is -0.305. The Morgan fingerprint density at radius 3 is 2.39 bits per heavy atom. The third kappa shape index (κ3) is 6.44. The van der Waals surface area contributed by atoms with Crippen LogP contribution in [0.5, 0.6) is 0 Å². The first-order valence-electron chi connectivity index (χ1n) is 10.3. The highest BCUT2D eigenvalue weighted by molar-refractivity contribution is 6.31. The monoisotopic (exact) mass is 477 g/mol. The summed E-state index contributed by atoms with van der Waals surface area (Å²) in [5, 5.41) is 7.21. The first-order valence-corrected chi connectivity index (χ1v) is 11.0. The summed E-state index contributed by atoms with van der Waals surface area (Å²) in [7, 11) is 0. The molecule has 0 aliphatic carbocycles. The van der Waals surface area contributed by atoms with Gasteiger partial charge in [-0.1, -0.05) is 53.5 Å². The standard InChI is InChI=1S/C25H21Cl2N5O/c26-20-5-1-3-18(13-20)17-7-9-22(10-8-17)31-25(29-12-11-23-15-28-16-30-23)32-24(33)19-4-2-6-21(27)14-19/h1-10,13-16H,11-12H2,(H,28,30)(H2,29,31,32,33). The smallest absolute Gasteiger partial charge is 0.258 e. The molecular formula is C25H21Cl2N5O. The van der Waals surface area contributed by atoms with Gasteiger partial charge in [-0.3, -0.25) is 15.1 Å². The van der Waals surface area contributed by atoms with Gasteiger partial charge < -0.3 is 10.3 Å². The number of nitrogens with zero attached hydrogens (tertiary/aromatic N) is 2. The predicted molar refractivity (Wildman–Crippen MR) is 134 cm³/mol. The molecule has 0 saturated heterocycles. The topological polar surface area (TPSA) is 82.2 Å². The first-order chi connectivity index (χ1) is 16.1. The number of guanidine groups is 1. The van der Waals surface area contributed by atoms with Crippen LogP contribution in [0.4, 0.5) is 5.69 Å². The minimum Gasteiger partial charge on any atom is -0.348 e. The molecule has 0 spiro atoms. The van der Waals surface area contributed by atoms with Crippen LogP contribution >= 0.6 is 23.2 Å². The highest BCUT2D eigenvalue weighted by Gasteiger charge is 2.10. The number of aromatic nitrogens is 2. The van der Waals surface area contributed by atoms with Crippen LogP contribution in [-0.2, 0) is 6.42 Å². The van der Waals surface area contributed by atoms with Gasteiger partial charge in [0.1, 0.15) is 0 Å². The van der Waals surface area contributed by atoms with E-state index in [0.29, 0.717) is 34.5 Å². The van der Waals surface area contributed by atoms with E-state index in [1.807, 2.05) is 48.5 Å². The van der Waals surface area contributed by atoms with E-state index in [9.17, 15) is 4.79 Å². The Morgan fingerprint density at radius 1 is 0.939 bits per heavy atom. The molecule has 4 aromatic rings. The summed E-state index contributed by atoms with van der Waals surface area (Å²) in [5.41, 5.74) is 4.25. The van der Waals surface area contributed by atoms with Crippen LogP contribution in [0.15, 0.2) is 90.3 Å². The molecule has 0 fully saturated rings. The summed E-state index contributed by atoms with van der Waals surface area (Å²) in [5.74, 6) is 0.0378. The van der Waals surface area contributed by atoms with E-state index in [1.165, 1.54) is 0 Å². The molecule has 0 saturated carbocycles. The van der Waals surface area contributed by atoms with Crippen LogP contribution in [0.2, 0.25) is 10.0 Å². The van der Waals surface area contributed by atoms with Crippen LogP contribution in [0.1, 0.15) is 16.1 Å². The summed E-state index contributed by atoms with van der Waals surface area (Å²) < 4.78 is 0. The molecule has 0 bridgehead atoms. The zero-order valence-electron chi connectivity index (χ0n) is 17.6. The fraction of sp³-hybridized carbons (Fsp3) is 0.0800. The molecule has 0 atom stereocenters. The molecule has 6 nitrogen and oxygen atoms in total. The Morgan fingerprint density at radius 2 is 1.70 bits per heavy atom. The SMILES string of the molecule is O=C(NC(=NCCc1cnc[nH]1)Nc1ccc(-c2cccc(Cl)c2)cc1)c1cccc(Cl)c1. The van der Waals surface area contributed by atoms with E-state index in [-0.39, 0.29) is 5.91 Å². The second-order valence-electron chi connectivity index (χ2n) is 7.23. The number of rotatable bonds is 6. The van der Waals surface area contributed by atoms with Gasteiger partial charge in [-0.05, 0) is 53.6 Å². The number of anilines is 1. The summed E-state index contributed by atoms with van der Waals surface area (Å²) in [4.78, 5) is 24.3. The zero-order chi connectivity index (χ0) is 23.0. The number of amides is 1. The van der Waals surface area contributed by atoms with Gasteiger partial charge in [0, 0.05) is 46.2 Å². The minimum absolute atomic E-state index is 0.305. The Labute approximate surface area is 201 Å². The molecule has 1 amide bonds. The summed E-state index contributed by atoms with van der Waals surface area (Å²) >= 11 is 12.1. The van der Waals surface area contributed by atoms with Gasteiger partial charge in [-0.25, -0.2) is 4.98 Å². The molecule has 1 aromatic heterocycles. The van der Waals surface area contributed by atoms with Crippen LogP contribution in [-0.4, -0.2) is 28.4 Å². The lowest BCUT2D eigenvalue weighted by Crippen LogP contribution is -2.36. The lowest BCUT2D eigenvalue weighted by Gasteiger charge is -2.13. The number of aliphatic imine (C=N–C) groups is 1. The molecule has 33 heavy (non-hydrogen) atoms. The second-order valence-corrected chi connectivity index (χ2v) is 8.11. The van der Waals surface area contributed by atoms with Crippen molar-refractivity contribution in [1.29, 1.82) is 0 Å². The van der Waals surface area contributed by atoms with E-state index in [1.54, 1.807) is 36.8 Å². The van der Waals surface area contributed by atoms with Crippen molar-refractivity contribution in [1.82, 2.24) is 15.3 Å². The number of imidazole rings is 1. The molecule has 8 heteroatoms. The number of halogens is 2. The fourth-order valence-electron chi connectivity index (χ4n) is 3.18. The summed E-state index contributed by atoms with van der Waals surface area (Å²) in [6.07, 6.45) is 4.04. The van der Waals surface area contributed by atoms with Crippen molar-refractivity contribution < 1.29 is 4.79 Å². The number of carbonyl (C=O) groups is 1. The summed E-state index contributed by atoms with van der Waals surface area (Å²) in [6, 6.07) is 22.2. The Bertz CT molecular complexity index is 1250. The molecule has 0 aliphatic rings. The maximum absolute atomic E-state index is 12.7. The number of H-pyrrole nitrogens is 1. The van der Waals surface area contributed by atoms with Crippen molar-refractivity contribution in [2.45, 2.75) is 6.42 Å². The molecule has 166 valence electrons. The second kappa shape index (κ2) is 10.8. The van der Waals surface area contributed by atoms with Gasteiger partial charge in [0.05, 0.1) is 6.33 Å². The van der Waals surface area contributed by atoms with E-state index in [0.717, 1.165) is 22.5 Å². The molecule has 3 N–H and O–H groups in total. The number of hydrogen-bond donors (Lipinski definition) is 3. The van der Waals surface area contributed by atoms with E-state index >= 15 is 0 Å². The third-order valence-electron chi connectivity index (χ3n) is 4.83. The number of aromatic amines is 1. The highest BCUT2D eigenvalue weighted by atomic mass is 35.5. The van der Waals surface area contributed by atoms with E-state index in [4.69, 9.17) is 23.2 Å². The van der Waals surface area contributed by atoms with Crippen molar-refractivity contribution in [3.05, 3.63) is 107 Å². The molecule has 0 unspecified atom stereocenters. The number of benzene rings is 3. The maximum atomic E-state index is 12.7. The highest BCUT2D eigenvalue weighted by Crippen LogP contribution is 2.24. The lowest BCUT2D eigenvalue weighted by molar-refractivity contribution is 0.0977. The average molecular weight is 478 g/mol. The zero-order valence-corrected chi connectivity index (χ0v) is 19.1. The maximum Gasteiger partial charge on any atom is 0.258 e.